The number of ether oxygens (including phenoxy) is 1. The van der Waals surface area contributed by atoms with Crippen molar-refractivity contribution in [2.45, 2.75) is 45.7 Å². The van der Waals surface area contributed by atoms with Crippen LogP contribution in [0.4, 0.5) is 5.69 Å². The molecule has 0 aliphatic heterocycles. The van der Waals surface area contributed by atoms with Gasteiger partial charge in [0, 0.05) is 50.7 Å². The minimum Gasteiger partial charge on any atom is -0.398 e. The fraction of sp³-hybridized carbons (Fsp3) is 0.688. The molecule has 0 atom stereocenters. The van der Waals surface area contributed by atoms with Crippen molar-refractivity contribution in [2.75, 3.05) is 32.5 Å². The number of hydrogen-bond acceptors (Lipinski definition) is 4. The fourth-order valence-electron chi connectivity index (χ4n) is 2.66. The average Bonchev–Trinajstić information content (AvgIpc) is 2.48. The Morgan fingerprint density at radius 3 is 2.62 bits per heavy atom. The van der Waals surface area contributed by atoms with Gasteiger partial charge in [0.15, 0.2) is 0 Å². The van der Waals surface area contributed by atoms with Crippen molar-refractivity contribution in [3.63, 3.8) is 0 Å². The second-order valence-corrected chi connectivity index (χ2v) is 5.35. The molecule has 0 saturated heterocycles. The lowest BCUT2D eigenvalue weighted by Crippen LogP contribution is -2.38. The second-order valence-electron chi connectivity index (χ2n) is 5.35. The Labute approximate surface area is 127 Å². The highest BCUT2D eigenvalue weighted by molar-refractivity contribution is 5.33. The molecular weight excluding hydrogens is 266 g/mol. The fourth-order valence-corrected chi connectivity index (χ4v) is 2.66. The third-order valence-corrected chi connectivity index (χ3v) is 3.89. The number of nitrogens with zero attached hydrogens (tertiary/aromatic N) is 2. The highest BCUT2D eigenvalue weighted by Gasteiger charge is 2.14. The van der Waals surface area contributed by atoms with E-state index in [-0.39, 0.29) is 5.56 Å². The predicted octanol–water partition coefficient (Wildman–Crippen LogP) is 1.96. The van der Waals surface area contributed by atoms with E-state index in [4.69, 9.17) is 10.5 Å². The Kier molecular flexibility index (Phi) is 8.08. The minimum absolute atomic E-state index is 0.00942. The standard InChI is InChI=1S/C16H29N3O2/c1-4-15(5-2)18(11-12-21-3)9-6-10-19-13-14(17)7-8-16(19)20/h7-8,13,15H,4-6,9-12,17H2,1-3H3. The van der Waals surface area contributed by atoms with Crippen LogP contribution < -0.4 is 11.3 Å². The van der Waals surface area contributed by atoms with Crippen molar-refractivity contribution in [3.05, 3.63) is 28.7 Å². The number of aryl methyl sites for hydroxylation is 1. The van der Waals surface area contributed by atoms with Gasteiger partial charge in [-0.15, -0.1) is 0 Å². The summed E-state index contributed by atoms with van der Waals surface area (Å²) >= 11 is 0. The van der Waals surface area contributed by atoms with Crippen LogP contribution in [0.2, 0.25) is 0 Å². The van der Waals surface area contributed by atoms with Gasteiger partial charge in [0.1, 0.15) is 0 Å². The molecule has 1 aromatic rings. The molecule has 0 aliphatic carbocycles. The summed E-state index contributed by atoms with van der Waals surface area (Å²) in [6.07, 6.45) is 4.93. The van der Waals surface area contributed by atoms with E-state index in [9.17, 15) is 4.79 Å². The van der Waals surface area contributed by atoms with Gasteiger partial charge in [0.2, 0.25) is 0 Å². The van der Waals surface area contributed by atoms with Crippen molar-refractivity contribution < 1.29 is 4.74 Å². The first-order chi connectivity index (χ1) is 10.1. The molecule has 21 heavy (non-hydrogen) atoms. The first-order valence-electron chi connectivity index (χ1n) is 7.81. The predicted molar refractivity (Wildman–Crippen MR) is 87.6 cm³/mol. The van der Waals surface area contributed by atoms with Crippen LogP contribution in [0.1, 0.15) is 33.1 Å². The topological polar surface area (TPSA) is 60.5 Å². The van der Waals surface area contributed by atoms with Gasteiger partial charge in [0.05, 0.1) is 6.61 Å². The molecular formula is C16H29N3O2. The maximum atomic E-state index is 11.7. The van der Waals surface area contributed by atoms with Gasteiger partial charge in [0.25, 0.3) is 5.56 Å². The van der Waals surface area contributed by atoms with Crippen LogP contribution in [0, 0.1) is 0 Å². The van der Waals surface area contributed by atoms with Crippen LogP contribution in [0.25, 0.3) is 0 Å². The molecule has 0 aromatic carbocycles. The maximum absolute atomic E-state index is 11.7. The van der Waals surface area contributed by atoms with E-state index in [0.717, 1.165) is 39.0 Å². The minimum atomic E-state index is 0.00942. The number of anilines is 1. The first-order valence-corrected chi connectivity index (χ1v) is 7.81. The van der Waals surface area contributed by atoms with E-state index in [0.29, 0.717) is 18.3 Å². The second kappa shape index (κ2) is 9.58. The molecule has 1 aromatic heterocycles. The molecule has 1 rings (SSSR count). The van der Waals surface area contributed by atoms with Gasteiger partial charge < -0.3 is 15.0 Å². The lowest BCUT2D eigenvalue weighted by Gasteiger charge is -2.30. The van der Waals surface area contributed by atoms with E-state index in [1.54, 1.807) is 23.9 Å². The zero-order valence-corrected chi connectivity index (χ0v) is 13.5. The van der Waals surface area contributed by atoms with Gasteiger partial charge in [-0.2, -0.15) is 0 Å². The number of methoxy groups -OCH3 is 1. The average molecular weight is 295 g/mol. The van der Waals surface area contributed by atoms with Crippen molar-refractivity contribution in [1.29, 1.82) is 0 Å². The van der Waals surface area contributed by atoms with Crippen LogP contribution in [-0.2, 0) is 11.3 Å². The van der Waals surface area contributed by atoms with Gasteiger partial charge in [-0.25, -0.2) is 0 Å². The Morgan fingerprint density at radius 2 is 2.00 bits per heavy atom. The van der Waals surface area contributed by atoms with Crippen molar-refractivity contribution >= 4 is 5.69 Å². The molecule has 5 nitrogen and oxygen atoms in total. The SMILES string of the molecule is CCC(CC)N(CCCn1cc(N)ccc1=O)CCOC. The molecule has 0 fully saturated rings. The summed E-state index contributed by atoms with van der Waals surface area (Å²) in [4.78, 5) is 14.2. The number of rotatable bonds is 10. The molecule has 5 heteroatoms. The lowest BCUT2D eigenvalue weighted by atomic mass is 10.1. The number of nitrogen functional groups attached to an aromatic ring is 1. The van der Waals surface area contributed by atoms with Gasteiger partial charge in [-0.3, -0.25) is 9.69 Å². The van der Waals surface area contributed by atoms with Crippen LogP contribution in [0.15, 0.2) is 23.1 Å². The molecule has 0 unspecified atom stereocenters. The smallest absolute Gasteiger partial charge is 0.250 e. The molecule has 0 radical (unpaired) electrons. The van der Waals surface area contributed by atoms with E-state index >= 15 is 0 Å². The number of pyridine rings is 1. The van der Waals surface area contributed by atoms with Crippen molar-refractivity contribution in [2.24, 2.45) is 0 Å². The molecule has 0 saturated carbocycles. The molecule has 0 spiro atoms. The summed E-state index contributed by atoms with van der Waals surface area (Å²) in [6.45, 7) is 7.79. The van der Waals surface area contributed by atoms with Gasteiger partial charge in [-0.05, 0) is 25.3 Å². The number of nitrogens with two attached hydrogens (primary N) is 1. The van der Waals surface area contributed by atoms with Crippen LogP contribution in [-0.4, -0.2) is 42.3 Å². The summed E-state index contributed by atoms with van der Waals surface area (Å²) in [6, 6.07) is 3.75. The summed E-state index contributed by atoms with van der Waals surface area (Å²) < 4.78 is 6.89. The normalized spacial score (nSPS) is 11.5. The van der Waals surface area contributed by atoms with Gasteiger partial charge in [-0.1, -0.05) is 13.8 Å². The van der Waals surface area contributed by atoms with E-state index in [1.807, 2.05) is 0 Å². The third kappa shape index (κ3) is 5.89. The highest BCUT2D eigenvalue weighted by atomic mass is 16.5. The molecule has 2 N–H and O–H groups in total. The van der Waals surface area contributed by atoms with Crippen LogP contribution in [0.3, 0.4) is 0 Å². The Hall–Kier alpha value is -1.33. The molecule has 1 heterocycles. The zero-order valence-electron chi connectivity index (χ0n) is 13.5. The van der Waals surface area contributed by atoms with E-state index < -0.39 is 0 Å². The summed E-state index contributed by atoms with van der Waals surface area (Å²) in [7, 11) is 1.73. The van der Waals surface area contributed by atoms with E-state index in [2.05, 4.69) is 18.7 Å². The summed E-state index contributed by atoms with van der Waals surface area (Å²) in [5, 5.41) is 0. The van der Waals surface area contributed by atoms with Gasteiger partial charge >= 0.3 is 0 Å². The Balaban J connectivity index is 2.55. The lowest BCUT2D eigenvalue weighted by molar-refractivity contribution is 0.113. The monoisotopic (exact) mass is 295 g/mol. The van der Waals surface area contributed by atoms with Crippen LogP contribution >= 0.6 is 0 Å². The maximum Gasteiger partial charge on any atom is 0.250 e. The number of hydrogen-bond donors (Lipinski definition) is 1. The first kappa shape index (κ1) is 17.7. The molecule has 0 amide bonds. The van der Waals surface area contributed by atoms with Crippen molar-refractivity contribution in [1.82, 2.24) is 9.47 Å². The zero-order chi connectivity index (χ0) is 15.7. The summed E-state index contributed by atoms with van der Waals surface area (Å²) in [5.74, 6) is 0. The molecule has 0 aliphatic rings. The molecule has 120 valence electrons. The largest absolute Gasteiger partial charge is 0.398 e. The van der Waals surface area contributed by atoms with E-state index in [1.165, 1.54) is 6.07 Å². The Morgan fingerprint density at radius 1 is 1.29 bits per heavy atom. The third-order valence-electron chi connectivity index (χ3n) is 3.89. The summed E-state index contributed by atoms with van der Waals surface area (Å²) in [5.41, 5.74) is 6.37. The number of aromatic nitrogens is 1. The Bertz CT molecular complexity index is 455. The highest BCUT2D eigenvalue weighted by Crippen LogP contribution is 2.09. The quantitative estimate of drug-likeness (QED) is 0.717. The van der Waals surface area contributed by atoms with Crippen LogP contribution in [0.5, 0.6) is 0 Å². The van der Waals surface area contributed by atoms with Crippen molar-refractivity contribution in [3.8, 4) is 0 Å². The molecule has 0 bridgehead atoms.